The van der Waals surface area contributed by atoms with E-state index in [4.69, 9.17) is 0 Å². The summed E-state index contributed by atoms with van der Waals surface area (Å²) in [4.78, 5) is 11.6. The summed E-state index contributed by atoms with van der Waals surface area (Å²) < 4.78 is 0. The number of anilines is 1. The SMILES string of the molecule is O=C(Nc1ccc(CBr)cc1)c1cn[nH]n1. The molecule has 2 aromatic rings. The Bertz CT molecular complexity index is 466. The van der Waals surface area contributed by atoms with Crippen molar-refractivity contribution in [2.45, 2.75) is 5.33 Å². The van der Waals surface area contributed by atoms with Crippen LogP contribution in [0.5, 0.6) is 0 Å². The Morgan fingerprint density at radius 2 is 2.12 bits per heavy atom. The Kier molecular flexibility index (Phi) is 3.31. The monoisotopic (exact) mass is 280 g/mol. The third-order valence-corrected chi connectivity index (χ3v) is 2.66. The van der Waals surface area contributed by atoms with E-state index in [1.54, 1.807) is 0 Å². The van der Waals surface area contributed by atoms with Crippen molar-refractivity contribution in [1.82, 2.24) is 15.4 Å². The van der Waals surface area contributed by atoms with Crippen molar-refractivity contribution in [2.24, 2.45) is 0 Å². The van der Waals surface area contributed by atoms with Crippen molar-refractivity contribution in [3.05, 3.63) is 41.7 Å². The zero-order valence-corrected chi connectivity index (χ0v) is 9.86. The highest BCUT2D eigenvalue weighted by atomic mass is 79.9. The lowest BCUT2D eigenvalue weighted by molar-refractivity contribution is 0.102. The number of alkyl halides is 1. The lowest BCUT2D eigenvalue weighted by atomic mass is 10.2. The zero-order chi connectivity index (χ0) is 11.4. The maximum absolute atomic E-state index is 11.6. The quantitative estimate of drug-likeness (QED) is 0.845. The zero-order valence-electron chi connectivity index (χ0n) is 8.27. The Labute approximate surface area is 100 Å². The first kappa shape index (κ1) is 10.8. The van der Waals surface area contributed by atoms with E-state index in [1.165, 1.54) is 6.20 Å². The maximum atomic E-state index is 11.6. The number of benzene rings is 1. The Morgan fingerprint density at radius 1 is 1.38 bits per heavy atom. The van der Waals surface area contributed by atoms with Gasteiger partial charge in [-0.15, -0.1) is 0 Å². The maximum Gasteiger partial charge on any atom is 0.277 e. The summed E-state index contributed by atoms with van der Waals surface area (Å²) in [5, 5.41) is 13.2. The van der Waals surface area contributed by atoms with Gasteiger partial charge in [-0.3, -0.25) is 4.79 Å². The second-order valence-electron chi connectivity index (χ2n) is 3.14. The molecule has 0 aliphatic carbocycles. The minimum atomic E-state index is -0.277. The van der Waals surface area contributed by atoms with E-state index in [-0.39, 0.29) is 11.6 Å². The van der Waals surface area contributed by atoms with Crippen LogP contribution in [0, 0.1) is 0 Å². The molecule has 0 radical (unpaired) electrons. The van der Waals surface area contributed by atoms with Gasteiger partial charge in [-0.25, -0.2) is 0 Å². The van der Waals surface area contributed by atoms with E-state index in [0.29, 0.717) is 0 Å². The van der Waals surface area contributed by atoms with Crippen LogP contribution < -0.4 is 5.32 Å². The van der Waals surface area contributed by atoms with E-state index < -0.39 is 0 Å². The van der Waals surface area contributed by atoms with E-state index >= 15 is 0 Å². The largest absolute Gasteiger partial charge is 0.321 e. The van der Waals surface area contributed by atoms with Crippen LogP contribution in [0.4, 0.5) is 5.69 Å². The number of rotatable bonds is 3. The Morgan fingerprint density at radius 3 is 2.69 bits per heavy atom. The van der Waals surface area contributed by atoms with Crippen LogP contribution in [0.2, 0.25) is 0 Å². The topological polar surface area (TPSA) is 70.7 Å². The van der Waals surface area contributed by atoms with E-state index in [1.807, 2.05) is 24.3 Å². The Balaban J connectivity index is 2.06. The summed E-state index contributed by atoms with van der Waals surface area (Å²) in [6.45, 7) is 0. The van der Waals surface area contributed by atoms with Crippen molar-refractivity contribution in [2.75, 3.05) is 5.32 Å². The molecule has 1 amide bonds. The molecule has 0 spiro atoms. The second-order valence-corrected chi connectivity index (χ2v) is 3.70. The highest BCUT2D eigenvalue weighted by Gasteiger charge is 2.08. The fourth-order valence-electron chi connectivity index (χ4n) is 1.18. The Hall–Kier alpha value is -1.69. The molecule has 0 bridgehead atoms. The normalized spacial score (nSPS) is 10.1. The molecule has 1 aromatic carbocycles. The van der Waals surface area contributed by atoms with Gasteiger partial charge in [-0.1, -0.05) is 28.1 Å². The summed E-state index contributed by atoms with van der Waals surface area (Å²) >= 11 is 3.35. The average Bonchev–Trinajstić information content (AvgIpc) is 2.83. The molecule has 0 fully saturated rings. The molecule has 0 aliphatic heterocycles. The molecular formula is C10H9BrN4O. The summed E-state index contributed by atoms with van der Waals surface area (Å²) in [5.41, 5.74) is 2.15. The summed E-state index contributed by atoms with van der Waals surface area (Å²) in [7, 11) is 0. The highest BCUT2D eigenvalue weighted by molar-refractivity contribution is 9.08. The predicted octanol–water partition coefficient (Wildman–Crippen LogP) is 1.95. The van der Waals surface area contributed by atoms with Gasteiger partial charge in [0, 0.05) is 11.0 Å². The van der Waals surface area contributed by atoms with Crippen molar-refractivity contribution >= 4 is 27.5 Å². The molecule has 0 saturated carbocycles. The van der Waals surface area contributed by atoms with Crippen molar-refractivity contribution < 1.29 is 4.79 Å². The summed E-state index contributed by atoms with van der Waals surface area (Å²) in [6.07, 6.45) is 1.38. The number of carbonyl (C=O) groups excluding carboxylic acids is 1. The standard InChI is InChI=1S/C10H9BrN4O/c11-5-7-1-3-8(4-2-7)13-10(16)9-6-12-15-14-9/h1-4,6H,5H2,(H,13,16)(H,12,14,15). The van der Waals surface area contributed by atoms with E-state index in [9.17, 15) is 4.79 Å². The fraction of sp³-hybridized carbons (Fsp3) is 0.100. The number of H-pyrrole nitrogens is 1. The molecule has 5 nitrogen and oxygen atoms in total. The predicted molar refractivity (Wildman–Crippen MR) is 63.4 cm³/mol. The van der Waals surface area contributed by atoms with Gasteiger partial charge in [0.2, 0.25) is 0 Å². The van der Waals surface area contributed by atoms with E-state index in [2.05, 4.69) is 36.7 Å². The van der Waals surface area contributed by atoms with Crippen LogP contribution in [0.3, 0.4) is 0 Å². The number of halogens is 1. The van der Waals surface area contributed by atoms with Crippen molar-refractivity contribution in [3.63, 3.8) is 0 Å². The van der Waals surface area contributed by atoms with Gasteiger partial charge in [0.05, 0.1) is 6.20 Å². The number of nitrogens with zero attached hydrogens (tertiary/aromatic N) is 2. The number of carbonyl (C=O) groups is 1. The molecule has 0 aliphatic rings. The first-order chi connectivity index (χ1) is 7.79. The number of hydrogen-bond acceptors (Lipinski definition) is 3. The van der Waals surface area contributed by atoms with Crippen molar-refractivity contribution in [3.8, 4) is 0 Å². The molecule has 82 valence electrons. The van der Waals surface area contributed by atoms with Crippen LogP contribution >= 0.6 is 15.9 Å². The van der Waals surface area contributed by atoms with Gasteiger partial charge in [0.25, 0.3) is 5.91 Å². The first-order valence-electron chi connectivity index (χ1n) is 4.61. The van der Waals surface area contributed by atoms with Crippen LogP contribution in [0.25, 0.3) is 0 Å². The number of amides is 1. The van der Waals surface area contributed by atoms with Crippen LogP contribution in [-0.4, -0.2) is 21.3 Å². The number of aromatic nitrogens is 3. The number of hydrogen-bond donors (Lipinski definition) is 2. The van der Waals surface area contributed by atoms with Gasteiger partial charge in [-0.2, -0.15) is 15.4 Å². The summed E-state index contributed by atoms with van der Waals surface area (Å²) in [6, 6.07) is 7.56. The molecular weight excluding hydrogens is 272 g/mol. The van der Waals surface area contributed by atoms with Crippen LogP contribution in [-0.2, 0) is 5.33 Å². The van der Waals surface area contributed by atoms with Crippen LogP contribution in [0.15, 0.2) is 30.5 Å². The van der Waals surface area contributed by atoms with Gasteiger partial charge in [-0.05, 0) is 17.7 Å². The third-order valence-electron chi connectivity index (χ3n) is 2.01. The molecule has 0 atom stereocenters. The minimum Gasteiger partial charge on any atom is -0.321 e. The number of aromatic amines is 1. The lowest BCUT2D eigenvalue weighted by Crippen LogP contribution is -2.12. The smallest absolute Gasteiger partial charge is 0.277 e. The fourth-order valence-corrected chi connectivity index (χ4v) is 1.56. The first-order valence-corrected chi connectivity index (χ1v) is 5.74. The molecule has 0 saturated heterocycles. The van der Waals surface area contributed by atoms with Crippen LogP contribution in [0.1, 0.15) is 16.1 Å². The highest BCUT2D eigenvalue weighted by Crippen LogP contribution is 2.12. The molecule has 2 N–H and O–H groups in total. The van der Waals surface area contributed by atoms with Gasteiger partial charge < -0.3 is 5.32 Å². The summed E-state index contributed by atoms with van der Waals surface area (Å²) in [5.74, 6) is -0.277. The molecule has 6 heteroatoms. The van der Waals surface area contributed by atoms with E-state index in [0.717, 1.165) is 16.6 Å². The third kappa shape index (κ3) is 2.46. The minimum absolute atomic E-state index is 0.268. The molecule has 0 unspecified atom stereocenters. The molecule has 16 heavy (non-hydrogen) atoms. The van der Waals surface area contributed by atoms with Gasteiger partial charge in [0.15, 0.2) is 5.69 Å². The molecule has 1 heterocycles. The number of nitrogens with one attached hydrogen (secondary N) is 2. The molecule has 1 aromatic heterocycles. The van der Waals surface area contributed by atoms with Crippen molar-refractivity contribution in [1.29, 1.82) is 0 Å². The second kappa shape index (κ2) is 4.89. The lowest BCUT2D eigenvalue weighted by Gasteiger charge is -2.03. The van der Waals surface area contributed by atoms with Gasteiger partial charge >= 0.3 is 0 Å². The molecule has 2 rings (SSSR count). The average molecular weight is 281 g/mol. The van der Waals surface area contributed by atoms with Gasteiger partial charge in [0.1, 0.15) is 0 Å².